The van der Waals surface area contributed by atoms with Gasteiger partial charge in [-0.1, -0.05) is 156 Å². The van der Waals surface area contributed by atoms with Crippen LogP contribution >= 0.6 is 0 Å². The Bertz CT molecular complexity index is 3230. The molecular weight excluding hydrogens is 767 g/mol. The van der Waals surface area contributed by atoms with Gasteiger partial charge < -0.3 is 5.11 Å². The molecule has 1 N–H and O–H groups in total. The van der Waals surface area contributed by atoms with Crippen molar-refractivity contribution in [2.24, 2.45) is 0 Å². The summed E-state index contributed by atoms with van der Waals surface area (Å²) < 4.78 is 25.8. The number of aromatic hydroxyl groups is 1. The van der Waals surface area contributed by atoms with Crippen LogP contribution in [0.25, 0.3) is 83.9 Å². The number of phenolic OH excluding ortho intramolecular Hbond substituents is 1. The number of benzene rings is 7. The molecule has 0 saturated heterocycles. The molecule has 0 aliphatic carbocycles. The molecule has 312 valence electrons. The Labute approximate surface area is 376 Å². The second kappa shape index (κ2) is 16.3. The van der Waals surface area contributed by atoms with Gasteiger partial charge in [0.2, 0.25) is 0 Å². The average Bonchev–Trinajstić information content (AvgIpc) is 3.71. The van der Waals surface area contributed by atoms with Gasteiger partial charge in [0.15, 0.2) is 0 Å². The number of phenols is 1. The minimum absolute atomic E-state index is 0.0499. The van der Waals surface area contributed by atoms with Crippen molar-refractivity contribution in [1.29, 1.82) is 0 Å². The van der Waals surface area contributed by atoms with Crippen LogP contribution in [-0.4, -0.2) is 19.6 Å². The molecule has 0 aliphatic heterocycles. The molecule has 2 aromatic heterocycles. The maximum absolute atomic E-state index is 12.1. The van der Waals surface area contributed by atoms with Gasteiger partial charge in [-0.25, -0.2) is 4.98 Å². The van der Waals surface area contributed by atoms with Gasteiger partial charge in [0.1, 0.15) is 11.6 Å². The summed E-state index contributed by atoms with van der Waals surface area (Å²) in [6, 6.07) is 56.0. The smallest absolute Gasteiger partial charge is 0.149 e. The molecule has 0 spiro atoms. The zero-order valence-electron chi connectivity index (χ0n) is 40.2. The first-order chi connectivity index (χ1) is 31.5. The normalized spacial score (nSPS) is 12.8. The van der Waals surface area contributed by atoms with Gasteiger partial charge in [0.25, 0.3) is 0 Å². The zero-order chi connectivity index (χ0) is 46.5. The molecular formula is C59H55N3O. The summed E-state index contributed by atoms with van der Waals surface area (Å²) in [7, 11) is 0. The first-order valence-electron chi connectivity index (χ1n) is 23.3. The van der Waals surface area contributed by atoms with Gasteiger partial charge in [-0.05, 0) is 136 Å². The lowest BCUT2D eigenvalue weighted by Crippen LogP contribution is -2.16. The lowest BCUT2D eigenvalue weighted by atomic mass is 9.81. The number of rotatable bonds is 9. The standard InChI is InChI=1S/C59H55N3O/c1-9-59(7,8)47-27-28-53(50(36-47)42-19-14-11-15-20-42)62-54-22-16-21-49(55(54)61-57(62)51-37-48(58(4,5)6)31-39(3)56(51)63)45-32-44(40-17-12-10-13-18-40)33-46(34-45)52-35-43(29-30-60-52)41-25-23-38(2)24-26-41/h10-37,63H,9H2,1-8H3/i2D3. The van der Waals surface area contributed by atoms with Crippen LogP contribution in [0, 0.1) is 13.8 Å². The molecule has 0 unspecified atom stereocenters. The fraction of sp³-hybridized carbons (Fsp3) is 0.186. The van der Waals surface area contributed by atoms with Gasteiger partial charge in [0, 0.05) is 27.0 Å². The van der Waals surface area contributed by atoms with Gasteiger partial charge >= 0.3 is 0 Å². The molecule has 2 heterocycles. The largest absolute Gasteiger partial charge is 0.507 e. The summed E-state index contributed by atoms with van der Waals surface area (Å²) >= 11 is 0. The highest BCUT2D eigenvalue weighted by molar-refractivity contribution is 5.98. The molecule has 4 nitrogen and oxygen atoms in total. The highest BCUT2D eigenvalue weighted by atomic mass is 16.3. The fourth-order valence-corrected chi connectivity index (χ4v) is 8.50. The molecule has 4 heteroatoms. The number of pyridine rings is 1. The van der Waals surface area contributed by atoms with E-state index in [0.29, 0.717) is 17.0 Å². The molecule has 0 bridgehead atoms. The van der Waals surface area contributed by atoms with Crippen molar-refractivity contribution < 1.29 is 9.22 Å². The zero-order valence-corrected chi connectivity index (χ0v) is 37.2. The maximum atomic E-state index is 12.1. The minimum Gasteiger partial charge on any atom is -0.507 e. The van der Waals surface area contributed by atoms with Crippen LogP contribution in [-0.2, 0) is 10.8 Å². The summed E-state index contributed by atoms with van der Waals surface area (Å²) in [4.78, 5) is 10.5. The second-order valence-corrected chi connectivity index (χ2v) is 18.4. The first kappa shape index (κ1) is 37.7. The lowest BCUT2D eigenvalue weighted by molar-refractivity contribution is 0.471. The van der Waals surface area contributed by atoms with Gasteiger partial charge in [-0.3, -0.25) is 9.55 Å². The lowest BCUT2D eigenvalue weighted by Gasteiger charge is -2.26. The van der Waals surface area contributed by atoms with E-state index in [1.54, 1.807) is 12.1 Å². The van der Waals surface area contributed by atoms with Gasteiger partial charge in [0.05, 0.1) is 28.0 Å². The predicted octanol–water partition coefficient (Wildman–Crippen LogP) is 15.7. The van der Waals surface area contributed by atoms with Gasteiger partial charge in [-0.15, -0.1) is 0 Å². The SMILES string of the molecule is [2H]C([2H])([2H])c1ccc(-c2ccnc(-c3cc(-c4ccccc4)cc(-c4cccc5c4nc(-c4cc(C(C)(C)C)cc(C)c4O)n5-c4ccc(C(C)(C)CC)cc4-c4ccccc4)c3)c2)cc1. The minimum atomic E-state index is -2.17. The van der Waals surface area contributed by atoms with E-state index in [2.05, 4.69) is 174 Å². The predicted molar refractivity (Wildman–Crippen MR) is 265 cm³/mol. The molecule has 0 saturated carbocycles. The fourth-order valence-electron chi connectivity index (χ4n) is 8.50. The second-order valence-electron chi connectivity index (χ2n) is 18.4. The van der Waals surface area contributed by atoms with Crippen LogP contribution in [0.15, 0.2) is 170 Å². The Balaban J connectivity index is 1.31. The number of nitrogens with zero attached hydrogens (tertiary/aromatic N) is 3. The molecule has 63 heavy (non-hydrogen) atoms. The third-order valence-corrected chi connectivity index (χ3v) is 12.7. The first-order valence-corrected chi connectivity index (χ1v) is 21.8. The molecule has 0 atom stereocenters. The summed E-state index contributed by atoms with van der Waals surface area (Å²) in [6.45, 7) is 13.2. The average molecular weight is 825 g/mol. The van der Waals surface area contributed by atoms with E-state index in [4.69, 9.17) is 14.1 Å². The van der Waals surface area contributed by atoms with E-state index >= 15 is 0 Å². The molecule has 9 rings (SSSR count). The van der Waals surface area contributed by atoms with Crippen LogP contribution in [0.4, 0.5) is 0 Å². The molecule has 0 fully saturated rings. The van der Waals surface area contributed by atoms with E-state index in [0.717, 1.165) is 90.0 Å². The third-order valence-electron chi connectivity index (χ3n) is 12.7. The summed E-state index contributed by atoms with van der Waals surface area (Å²) in [5.74, 6) is 0.862. The van der Waals surface area contributed by atoms with Crippen molar-refractivity contribution >= 4 is 11.0 Å². The Kier molecular flexibility index (Phi) is 9.78. The molecule has 0 aliphatic rings. The number of aryl methyl sites for hydroxylation is 2. The van der Waals surface area contributed by atoms with E-state index in [9.17, 15) is 5.11 Å². The van der Waals surface area contributed by atoms with Crippen LogP contribution in [0.2, 0.25) is 0 Å². The highest BCUT2D eigenvalue weighted by Gasteiger charge is 2.27. The van der Waals surface area contributed by atoms with Crippen molar-refractivity contribution in [3.05, 3.63) is 192 Å². The van der Waals surface area contributed by atoms with Crippen LogP contribution in [0.5, 0.6) is 5.75 Å². The van der Waals surface area contributed by atoms with E-state index in [1.165, 1.54) is 5.56 Å². The van der Waals surface area contributed by atoms with E-state index in [1.807, 2.05) is 37.4 Å². The van der Waals surface area contributed by atoms with E-state index < -0.39 is 6.85 Å². The highest BCUT2D eigenvalue weighted by Crippen LogP contribution is 2.44. The van der Waals surface area contributed by atoms with Crippen LogP contribution in [0.3, 0.4) is 0 Å². The molecule has 7 aromatic carbocycles. The number of hydrogen-bond acceptors (Lipinski definition) is 3. The van der Waals surface area contributed by atoms with E-state index in [-0.39, 0.29) is 16.6 Å². The van der Waals surface area contributed by atoms with Crippen molar-refractivity contribution in [3.63, 3.8) is 0 Å². The third kappa shape index (κ3) is 7.98. The number of hydrogen-bond donors (Lipinski definition) is 1. The monoisotopic (exact) mass is 824 g/mol. The van der Waals surface area contributed by atoms with Crippen molar-refractivity contribution in [2.45, 2.75) is 72.6 Å². The number of para-hydroxylation sites is 1. The Morgan fingerprint density at radius 3 is 1.94 bits per heavy atom. The number of aromatic nitrogens is 3. The van der Waals surface area contributed by atoms with Crippen molar-refractivity contribution in [1.82, 2.24) is 14.5 Å². The summed E-state index contributed by atoms with van der Waals surface area (Å²) in [5.41, 5.74) is 16.3. The molecule has 9 aromatic rings. The van der Waals surface area contributed by atoms with Gasteiger partial charge in [-0.2, -0.15) is 0 Å². The quantitative estimate of drug-likeness (QED) is 0.158. The molecule has 0 radical (unpaired) electrons. The van der Waals surface area contributed by atoms with Crippen molar-refractivity contribution in [3.8, 4) is 78.6 Å². The Hall–Kier alpha value is -7.04. The van der Waals surface area contributed by atoms with Crippen molar-refractivity contribution in [2.75, 3.05) is 0 Å². The Morgan fingerprint density at radius 2 is 1.24 bits per heavy atom. The number of imidazole rings is 1. The number of fused-ring (bicyclic) bond motifs is 1. The topological polar surface area (TPSA) is 50.9 Å². The van der Waals surface area contributed by atoms with Crippen LogP contribution < -0.4 is 0 Å². The summed E-state index contributed by atoms with van der Waals surface area (Å²) in [5, 5.41) is 12.1. The summed E-state index contributed by atoms with van der Waals surface area (Å²) in [6.07, 6.45) is 2.79. The van der Waals surface area contributed by atoms with Crippen LogP contribution in [0.1, 0.15) is 74.3 Å². The Morgan fingerprint density at radius 1 is 0.571 bits per heavy atom. The maximum Gasteiger partial charge on any atom is 0.149 e. The molecule has 0 amide bonds.